The molecule has 4 rings (SSSR count). The summed E-state index contributed by atoms with van der Waals surface area (Å²) in [5.74, 6) is 0.676. The van der Waals surface area contributed by atoms with Gasteiger partial charge in [0.05, 0.1) is 30.1 Å². The fourth-order valence-electron chi connectivity index (χ4n) is 4.25. The molecule has 3 aromatic rings. The Kier molecular flexibility index (Phi) is 4.86. The highest BCUT2D eigenvalue weighted by atomic mass is 16.5. The van der Waals surface area contributed by atoms with E-state index in [-0.39, 0.29) is 17.9 Å². The third-order valence-electron chi connectivity index (χ3n) is 5.56. The smallest absolute Gasteiger partial charge is 0.272 e. The van der Waals surface area contributed by atoms with Crippen LogP contribution in [0.2, 0.25) is 0 Å². The number of amides is 1. The summed E-state index contributed by atoms with van der Waals surface area (Å²) in [7, 11) is 1.65. The number of carbonyl (C=O) groups excluding carboxylic acids is 1. The van der Waals surface area contributed by atoms with E-state index in [9.17, 15) is 9.59 Å². The lowest BCUT2D eigenvalue weighted by Gasteiger charge is -2.32. The number of carbonyl (C=O) groups is 1. The number of fused-ring (bicyclic) bond motifs is 1. The third kappa shape index (κ3) is 3.26. The SMILES string of the molecule is COc1ccccc1C1(NC(=O)Cc2n[nH]c(=O)c3ccccc23)CCCC1. The van der Waals surface area contributed by atoms with Crippen LogP contribution in [0.5, 0.6) is 5.75 Å². The molecule has 0 unspecified atom stereocenters. The van der Waals surface area contributed by atoms with Crippen LogP contribution >= 0.6 is 0 Å². The van der Waals surface area contributed by atoms with Crippen LogP contribution in [0.1, 0.15) is 36.9 Å². The van der Waals surface area contributed by atoms with Gasteiger partial charge in [0.25, 0.3) is 5.56 Å². The van der Waals surface area contributed by atoms with Gasteiger partial charge >= 0.3 is 0 Å². The molecule has 0 aliphatic heterocycles. The van der Waals surface area contributed by atoms with E-state index in [0.29, 0.717) is 16.5 Å². The second-order valence-corrected chi connectivity index (χ2v) is 7.26. The van der Waals surface area contributed by atoms with Gasteiger partial charge in [-0.3, -0.25) is 9.59 Å². The molecule has 1 fully saturated rings. The molecule has 1 aliphatic carbocycles. The van der Waals surface area contributed by atoms with Gasteiger partial charge < -0.3 is 10.1 Å². The van der Waals surface area contributed by atoms with Crippen molar-refractivity contribution in [3.63, 3.8) is 0 Å². The standard InChI is InChI=1S/C22H23N3O3/c1-28-19-11-5-4-10-17(19)22(12-6-7-13-22)23-20(26)14-18-15-8-2-3-9-16(15)21(27)25-24-18/h2-5,8-11H,6-7,12-14H2,1H3,(H,23,26)(H,25,27). The predicted octanol–water partition coefficient (Wildman–Crippen LogP) is 3.06. The topological polar surface area (TPSA) is 84.1 Å². The second-order valence-electron chi connectivity index (χ2n) is 7.26. The number of aromatic nitrogens is 2. The number of aromatic amines is 1. The quantitative estimate of drug-likeness (QED) is 0.716. The van der Waals surface area contributed by atoms with Crippen molar-refractivity contribution < 1.29 is 9.53 Å². The summed E-state index contributed by atoms with van der Waals surface area (Å²) in [6.07, 6.45) is 3.96. The predicted molar refractivity (Wildman–Crippen MR) is 107 cm³/mol. The molecule has 1 heterocycles. The van der Waals surface area contributed by atoms with Crippen LogP contribution in [-0.4, -0.2) is 23.2 Å². The monoisotopic (exact) mass is 377 g/mol. The Morgan fingerprint density at radius 1 is 1.11 bits per heavy atom. The summed E-state index contributed by atoms with van der Waals surface area (Å²) in [6, 6.07) is 15.1. The van der Waals surface area contributed by atoms with Crippen molar-refractivity contribution >= 4 is 16.7 Å². The molecule has 2 N–H and O–H groups in total. The highest BCUT2D eigenvalue weighted by Gasteiger charge is 2.39. The molecular formula is C22H23N3O3. The Morgan fingerprint density at radius 3 is 2.54 bits per heavy atom. The zero-order valence-electron chi connectivity index (χ0n) is 15.8. The lowest BCUT2D eigenvalue weighted by molar-refractivity contribution is -0.122. The molecule has 28 heavy (non-hydrogen) atoms. The lowest BCUT2D eigenvalue weighted by atomic mass is 9.87. The molecule has 144 valence electrons. The number of hydrogen-bond acceptors (Lipinski definition) is 4. The maximum absolute atomic E-state index is 13.0. The Labute approximate surface area is 162 Å². The zero-order valence-corrected chi connectivity index (χ0v) is 15.8. The van der Waals surface area contributed by atoms with E-state index < -0.39 is 5.54 Å². The van der Waals surface area contributed by atoms with Gasteiger partial charge in [-0.25, -0.2) is 5.10 Å². The Bertz CT molecular complexity index is 1070. The van der Waals surface area contributed by atoms with Crippen molar-refractivity contribution in [2.24, 2.45) is 0 Å². The Morgan fingerprint density at radius 2 is 1.79 bits per heavy atom. The maximum Gasteiger partial charge on any atom is 0.272 e. The average Bonchev–Trinajstić information content (AvgIpc) is 3.19. The highest BCUT2D eigenvalue weighted by molar-refractivity contribution is 5.88. The molecule has 2 aromatic carbocycles. The highest BCUT2D eigenvalue weighted by Crippen LogP contribution is 2.42. The minimum absolute atomic E-state index is 0.105. The van der Waals surface area contributed by atoms with Gasteiger partial charge in [0.2, 0.25) is 5.91 Å². The van der Waals surface area contributed by atoms with Crippen LogP contribution in [0, 0.1) is 0 Å². The Hall–Kier alpha value is -3.15. The van der Waals surface area contributed by atoms with E-state index in [4.69, 9.17) is 4.74 Å². The minimum atomic E-state index is -0.429. The summed E-state index contributed by atoms with van der Waals surface area (Å²) < 4.78 is 5.55. The van der Waals surface area contributed by atoms with Gasteiger partial charge in [-0.1, -0.05) is 49.2 Å². The van der Waals surface area contributed by atoms with E-state index in [2.05, 4.69) is 15.5 Å². The van der Waals surface area contributed by atoms with Crippen molar-refractivity contribution in [3.8, 4) is 5.75 Å². The fourth-order valence-corrected chi connectivity index (χ4v) is 4.25. The molecule has 6 nitrogen and oxygen atoms in total. The van der Waals surface area contributed by atoms with E-state index in [0.717, 1.165) is 37.0 Å². The molecule has 1 amide bonds. The first-order chi connectivity index (χ1) is 13.6. The number of methoxy groups -OCH3 is 1. The van der Waals surface area contributed by atoms with Gasteiger partial charge in [-0.2, -0.15) is 5.10 Å². The molecule has 1 saturated carbocycles. The molecule has 0 spiro atoms. The maximum atomic E-state index is 13.0. The lowest BCUT2D eigenvalue weighted by Crippen LogP contribution is -2.44. The molecule has 6 heteroatoms. The molecule has 0 bridgehead atoms. The van der Waals surface area contributed by atoms with Crippen LogP contribution in [0.3, 0.4) is 0 Å². The second kappa shape index (κ2) is 7.46. The van der Waals surface area contributed by atoms with Crippen LogP contribution < -0.4 is 15.6 Å². The van der Waals surface area contributed by atoms with E-state index in [1.54, 1.807) is 19.2 Å². The summed E-state index contributed by atoms with van der Waals surface area (Å²) in [5, 5.41) is 11.1. The minimum Gasteiger partial charge on any atom is -0.496 e. The van der Waals surface area contributed by atoms with Crippen LogP contribution in [0.15, 0.2) is 53.3 Å². The van der Waals surface area contributed by atoms with Crippen LogP contribution in [0.4, 0.5) is 0 Å². The third-order valence-corrected chi connectivity index (χ3v) is 5.56. The first-order valence-electron chi connectivity index (χ1n) is 9.54. The van der Waals surface area contributed by atoms with Gasteiger partial charge in [0.1, 0.15) is 5.75 Å². The molecule has 0 saturated heterocycles. The van der Waals surface area contributed by atoms with E-state index in [1.807, 2.05) is 36.4 Å². The zero-order chi connectivity index (χ0) is 19.6. The number of benzene rings is 2. The van der Waals surface area contributed by atoms with Crippen molar-refractivity contribution in [1.82, 2.24) is 15.5 Å². The molecule has 0 atom stereocenters. The van der Waals surface area contributed by atoms with Crippen molar-refractivity contribution in [3.05, 3.63) is 70.1 Å². The van der Waals surface area contributed by atoms with E-state index in [1.165, 1.54) is 0 Å². The van der Waals surface area contributed by atoms with Gasteiger partial charge in [0.15, 0.2) is 0 Å². The van der Waals surface area contributed by atoms with Gasteiger partial charge in [0, 0.05) is 10.9 Å². The molecule has 1 aromatic heterocycles. The van der Waals surface area contributed by atoms with Crippen LogP contribution in [-0.2, 0) is 16.8 Å². The number of para-hydroxylation sites is 1. The van der Waals surface area contributed by atoms with Gasteiger partial charge in [-0.05, 0) is 25.0 Å². The number of H-pyrrole nitrogens is 1. The number of hydrogen-bond donors (Lipinski definition) is 2. The number of nitrogens with one attached hydrogen (secondary N) is 2. The first-order valence-corrected chi connectivity index (χ1v) is 9.54. The normalized spacial score (nSPS) is 15.5. The van der Waals surface area contributed by atoms with Crippen molar-refractivity contribution in [2.45, 2.75) is 37.6 Å². The van der Waals surface area contributed by atoms with Gasteiger partial charge in [-0.15, -0.1) is 0 Å². The number of rotatable bonds is 5. The summed E-state index contributed by atoms with van der Waals surface area (Å²) in [6.45, 7) is 0. The largest absolute Gasteiger partial charge is 0.496 e. The fraction of sp³-hybridized carbons (Fsp3) is 0.318. The Balaban J connectivity index is 1.64. The summed E-state index contributed by atoms with van der Waals surface area (Å²) in [5.41, 5.74) is 0.909. The summed E-state index contributed by atoms with van der Waals surface area (Å²) in [4.78, 5) is 25.0. The molecule has 1 aliphatic rings. The van der Waals surface area contributed by atoms with E-state index >= 15 is 0 Å². The molecule has 0 radical (unpaired) electrons. The van der Waals surface area contributed by atoms with Crippen molar-refractivity contribution in [2.75, 3.05) is 7.11 Å². The van der Waals surface area contributed by atoms with Crippen molar-refractivity contribution in [1.29, 1.82) is 0 Å². The summed E-state index contributed by atoms with van der Waals surface area (Å²) >= 11 is 0. The van der Waals surface area contributed by atoms with Crippen LogP contribution in [0.25, 0.3) is 10.8 Å². The average molecular weight is 377 g/mol. The number of nitrogens with zero attached hydrogens (tertiary/aromatic N) is 1. The first kappa shape index (κ1) is 18.2. The molecular weight excluding hydrogens is 354 g/mol. The number of ether oxygens (including phenoxy) is 1.